The van der Waals surface area contributed by atoms with Gasteiger partial charge >= 0.3 is 11.9 Å². The molecular weight excluding hydrogens is 310 g/mol. The highest BCUT2D eigenvalue weighted by atomic mass is 16.4. The van der Waals surface area contributed by atoms with Crippen LogP contribution in [0, 0.1) is 0 Å². The summed E-state index contributed by atoms with van der Waals surface area (Å²) in [5.41, 5.74) is 0.910. The molecule has 0 saturated carbocycles. The first kappa shape index (κ1) is 15.3. The van der Waals surface area contributed by atoms with Gasteiger partial charge in [0.2, 0.25) is 0 Å². The Kier molecular flexibility index (Phi) is 3.98. The molecule has 0 bridgehead atoms. The third-order valence-corrected chi connectivity index (χ3v) is 3.28. The predicted molar refractivity (Wildman–Crippen MR) is 86.3 cm³/mol. The number of aromatic carboxylic acids is 2. The van der Waals surface area contributed by atoms with Crippen LogP contribution >= 0.6 is 0 Å². The summed E-state index contributed by atoms with van der Waals surface area (Å²) in [5, 5.41) is 26.8. The highest BCUT2D eigenvalue weighted by molar-refractivity contribution is 6.05. The molecule has 0 spiro atoms. The number of azo groups is 1. The van der Waals surface area contributed by atoms with Gasteiger partial charge in [-0.05, 0) is 36.4 Å². The fourth-order valence-corrected chi connectivity index (χ4v) is 2.17. The van der Waals surface area contributed by atoms with Crippen LogP contribution in [-0.2, 0) is 0 Å². The molecule has 0 saturated heterocycles. The minimum atomic E-state index is -1.28. The average molecular weight is 321 g/mol. The van der Waals surface area contributed by atoms with Gasteiger partial charge in [-0.3, -0.25) is 0 Å². The number of benzene rings is 2. The average Bonchev–Trinajstić information content (AvgIpc) is 2.59. The molecule has 0 radical (unpaired) electrons. The van der Waals surface area contributed by atoms with Gasteiger partial charge in [-0.15, -0.1) is 0 Å². The molecule has 0 unspecified atom stereocenters. The molecule has 2 N–H and O–H groups in total. The Bertz CT molecular complexity index is 968. The van der Waals surface area contributed by atoms with Crippen molar-refractivity contribution in [3.8, 4) is 0 Å². The summed E-state index contributed by atoms with van der Waals surface area (Å²) < 4.78 is 0. The molecule has 0 fully saturated rings. The Balaban J connectivity index is 2.08. The smallest absolute Gasteiger partial charge is 0.354 e. The van der Waals surface area contributed by atoms with Crippen molar-refractivity contribution in [3.63, 3.8) is 0 Å². The number of fused-ring (bicyclic) bond motifs is 1. The van der Waals surface area contributed by atoms with E-state index in [1.165, 1.54) is 12.1 Å². The molecule has 0 atom stereocenters. The molecule has 3 aromatic rings. The zero-order valence-electron chi connectivity index (χ0n) is 12.2. The van der Waals surface area contributed by atoms with E-state index in [0.29, 0.717) is 16.8 Å². The summed E-state index contributed by atoms with van der Waals surface area (Å²) in [7, 11) is 0. The van der Waals surface area contributed by atoms with Crippen LogP contribution in [0.4, 0.5) is 11.4 Å². The summed E-state index contributed by atoms with van der Waals surface area (Å²) in [5.74, 6) is -2.52. The van der Waals surface area contributed by atoms with Crippen LogP contribution in [0.15, 0.2) is 64.8 Å². The van der Waals surface area contributed by atoms with Crippen molar-refractivity contribution in [2.24, 2.45) is 10.2 Å². The van der Waals surface area contributed by atoms with E-state index in [1.54, 1.807) is 18.2 Å². The molecular formula is C17H11N3O4. The maximum absolute atomic E-state index is 11.4. The van der Waals surface area contributed by atoms with Crippen LogP contribution in [0.1, 0.15) is 20.8 Å². The second-order valence-corrected chi connectivity index (χ2v) is 4.90. The minimum absolute atomic E-state index is 0.144. The van der Waals surface area contributed by atoms with Crippen molar-refractivity contribution in [1.82, 2.24) is 4.98 Å². The normalized spacial score (nSPS) is 11.0. The number of nitrogens with zero attached hydrogens (tertiary/aromatic N) is 3. The first-order valence-electron chi connectivity index (χ1n) is 6.93. The lowest BCUT2D eigenvalue weighted by atomic mass is 10.1. The third-order valence-electron chi connectivity index (χ3n) is 3.28. The van der Waals surface area contributed by atoms with Gasteiger partial charge in [0, 0.05) is 5.39 Å². The fourth-order valence-electron chi connectivity index (χ4n) is 2.17. The van der Waals surface area contributed by atoms with Crippen LogP contribution in [-0.4, -0.2) is 27.1 Å². The monoisotopic (exact) mass is 321 g/mol. The Labute approximate surface area is 135 Å². The van der Waals surface area contributed by atoms with Gasteiger partial charge in [0.25, 0.3) is 0 Å². The first-order chi connectivity index (χ1) is 11.5. The molecule has 2 aromatic carbocycles. The lowest BCUT2D eigenvalue weighted by molar-refractivity contribution is 0.0691. The topological polar surface area (TPSA) is 112 Å². The van der Waals surface area contributed by atoms with E-state index in [9.17, 15) is 14.7 Å². The van der Waals surface area contributed by atoms with E-state index in [1.807, 2.05) is 18.2 Å². The van der Waals surface area contributed by atoms with Gasteiger partial charge in [0.15, 0.2) is 0 Å². The molecule has 118 valence electrons. The van der Waals surface area contributed by atoms with Gasteiger partial charge in [0.1, 0.15) is 5.69 Å². The largest absolute Gasteiger partial charge is 0.478 e. The second-order valence-electron chi connectivity index (χ2n) is 4.90. The Morgan fingerprint density at radius 1 is 0.833 bits per heavy atom. The number of hydrogen-bond donors (Lipinski definition) is 2. The maximum Gasteiger partial charge on any atom is 0.354 e. The van der Waals surface area contributed by atoms with E-state index >= 15 is 0 Å². The number of rotatable bonds is 4. The molecule has 7 heteroatoms. The molecule has 0 aliphatic carbocycles. The molecule has 24 heavy (non-hydrogen) atoms. The van der Waals surface area contributed by atoms with Gasteiger partial charge < -0.3 is 10.2 Å². The zero-order chi connectivity index (χ0) is 17.1. The minimum Gasteiger partial charge on any atom is -0.478 e. The Hall–Kier alpha value is -3.61. The molecule has 1 heterocycles. The first-order valence-corrected chi connectivity index (χ1v) is 6.93. The van der Waals surface area contributed by atoms with Crippen LogP contribution < -0.4 is 0 Å². The number of carboxylic acids is 2. The van der Waals surface area contributed by atoms with E-state index in [4.69, 9.17) is 5.11 Å². The van der Waals surface area contributed by atoms with E-state index in [0.717, 1.165) is 6.07 Å². The zero-order valence-corrected chi connectivity index (χ0v) is 12.2. The van der Waals surface area contributed by atoms with Crippen LogP contribution in [0.25, 0.3) is 10.9 Å². The highest BCUT2D eigenvalue weighted by Gasteiger charge is 2.15. The lowest BCUT2D eigenvalue weighted by Gasteiger charge is -2.05. The number of carbonyl (C=O) groups is 2. The molecule has 3 rings (SSSR count). The molecule has 7 nitrogen and oxygen atoms in total. The third kappa shape index (κ3) is 3.09. The second kappa shape index (κ2) is 6.25. The summed E-state index contributed by atoms with van der Waals surface area (Å²) >= 11 is 0. The molecule has 0 aliphatic heterocycles. The number of carboxylic acid groups (broad SMARTS) is 2. The predicted octanol–water partition coefficient (Wildman–Crippen LogP) is 4.05. The molecule has 1 aromatic heterocycles. The van der Waals surface area contributed by atoms with E-state index < -0.39 is 11.9 Å². The SMILES string of the molecule is O=C(O)c1cc(C(=O)O)c2cc(N=Nc3ccccc3)ccc2n1. The van der Waals surface area contributed by atoms with E-state index in [-0.39, 0.29) is 16.8 Å². The quantitative estimate of drug-likeness (QED) is 0.704. The van der Waals surface area contributed by atoms with Crippen molar-refractivity contribution < 1.29 is 19.8 Å². The Morgan fingerprint density at radius 3 is 2.21 bits per heavy atom. The van der Waals surface area contributed by atoms with Crippen LogP contribution in [0.3, 0.4) is 0 Å². The summed E-state index contributed by atoms with van der Waals surface area (Å²) in [4.78, 5) is 26.4. The van der Waals surface area contributed by atoms with Gasteiger partial charge in [-0.1, -0.05) is 18.2 Å². The number of hydrogen-bond acceptors (Lipinski definition) is 5. The van der Waals surface area contributed by atoms with Crippen molar-refractivity contribution >= 4 is 34.2 Å². The lowest BCUT2D eigenvalue weighted by Crippen LogP contribution is -2.06. The summed E-state index contributed by atoms with van der Waals surface area (Å²) in [6.07, 6.45) is 0. The number of pyridine rings is 1. The van der Waals surface area contributed by atoms with E-state index in [2.05, 4.69) is 15.2 Å². The standard InChI is InChI=1S/C17H11N3O4/c21-16(22)13-9-15(17(23)24)18-14-7-6-11(8-12(13)14)20-19-10-4-2-1-3-5-10/h1-9H,(H,21,22)(H,23,24). The fraction of sp³-hybridized carbons (Fsp3) is 0. The van der Waals surface area contributed by atoms with Crippen molar-refractivity contribution in [2.45, 2.75) is 0 Å². The molecule has 0 aliphatic rings. The Morgan fingerprint density at radius 2 is 1.54 bits per heavy atom. The van der Waals surface area contributed by atoms with Gasteiger partial charge in [0.05, 0.1) is 22.5 Å². The van der Waals surface area contributed by atoms with Gasteiger partial charge in [-0.25, -0.2) is 14.6 Å². The maximum atomic E-state index is 11.4. The summed E-state index contributed by atoms with van der Waals surface area (Å²) in [6, 6.07) is 14.8. The van der Waals surface area contributed by atoms with Crippen LogP contribution in [0.5, 0.6) is 0 Å². The number of aromatic nitrogens is 1. The van der Waals surface area contributed by atoms with Gasteiger partial charge in [-0.2, -0.15) is 10.2 Å². The van der Waals surface area contributed by atoms with Crippen molar-refractivity contribution in [1.29, 1.82) is 0 Å². The van der Waals surface area contributed by atoms with Crippen LogP contribution in [0.2, 0.25) is 0 Å². The van der Waals surface area contributed by atoms with Crippen molar-refractivity contribution in [3.05, 3.63) is 65.9 Å². The molecule has 0 amide bonds. The summed E-state index contributed by atoms with van der Waals surface area (Å²) in [6.45, 7) is 0. The highest BCUT2D eigenvalue weighted by Crippen LogP contribution is 2.25. The van der Waals surface area contributed by atoms with Crippen molar-refractivity contribution in [2.75, 3.05) is 0 Å².